The molecule has 0 radical (unpaired) electrons. The minimum absolute atomic E-state index is 0.145. The Balaban J connectivity index is 1.75. The second-order valence-corrected chi connectivity index (χ2v) is 4.84. The number of aliphatic hydroxyl groups is 1. The molecule has 1 aliphatic rings. The van der Waals surface area contributed by atoms with Crippen LogP contribution in [0.15, 0.2) is 60.7 Å². The molecule has 3 rings (SSSR count). The van der Waals surface area contributed by atoms with Crippen molar-refractivity contribution >= 4 is 0 Å². The lowest BCUT2D eigenvalue weighted by Crippen LogP contribution is -2.52. The highest BCUT2D eigenvalue weighted by molar-refractivity contribution is 5.24. The summed E-state index contributed by atoms with van der Waals surface area (Å²) in [5, 5.41) is 9.97. The molecule has 2 aromatic carbocycles. The normalized spacial score (nSPS) is 23.6. The van der Waals surface area contributed by atoms with Crippen LogP contribution in [0.4, 0.5) is 0 Å². The zero-order valence-corrected chi connectivity index (χ0v) is 10.2. The third kappa shape index (κ3) is 2.17. The highest BCUT2D eigenvalue weighted by Crippen LogP contribution is 2.34. The first kappa shape index (κ1) is 11.5. The van der Waals surface area contributed by atoms with Crippen molar-refractivity contribution in [3.05, 3.63) is 71.8 Å². The standard InChI is InChI=1S/C16H17NO/c18-15-12-17(11-13-7-3-1-4-8-13)16(15)14-9-5-2-6-10-14/h1-10,15-16,18H,11-12H2/t15-,16-/m1/s1. The number of likely N-dealkylation sites (tertiary alicyclic amines) is 1. The van der Waals surface area contributed by atoms with Crippen molar-refractivity contribution in [3.8, 4) is 0 Å². The molecule has 2 aromatic rings. The van der Waals surface area contributed by atoms with Gasteiger partial charge in [-0.25, -0.2) is 0 Å². The quantitative estimate of drug-likeness (QED) is 0.890. The van der Waals surface area contributed by atoms with Crippen LogP contribution in [0.25, 0.3) is 0 Å². The minimum Gasteiger partial charge on any atom is -0.390 e. The number of benzene rings is 2. The molecule has 2 atom stereocenters. The lowest BCUT2D eigenvalue weighted by atomic mass is 9.91. The van der Waals surface area contributed by atoms with Crippen LogP contribution in [-0.4, -0.2) is 22.7 Å². The highest BCUT2D eigenvalue weighted by Gasteiger charge is 2.38. The second kappa shape index (κ2) is 4.92. The largest absolute Gasteiger partial charge is 0.390 e. The number of aliphatic hydroxyl groups excluding tert-OH is 1. The van der Waals surface area contributed by atoms with Gasteiger partial charge < -0.3 is 5.11 Å². The Morgan fingerprint density at radius 2 is 1.56 bits per heavy atom. The molecule has 0 saturated carbocycles. The first-order chi connectivity index (χ1) is 8.84. The van der Waals surface area contributed by atoms with Crippen LogP contribution >= 0.6 is 0 Å². The summed E-state index contributed by atoms with van der Waals surface area (Å²) in [6, 6.07) is 20.8. The van der Waals surface area contributed by atoms with Gasteiger partial charge in [-0.05, 0) is 11.1 Å². The van der Waals surface area contributed by atoms with E-state index in [1.807, 2.05) is 24.3 Å². The summed E-state index contributed by atoms with van der Waals surface area (Å²) in [5.74, 6) is 0. The topological polar surface area (TPSA) is 23.5 Å². The van der Waals surface area contributed by atoms with E-state index < -0.39 is 0 Å². The van der Waals surface area contributed by atoms with Crippen LogP contribution in [0.2, 0.25) is 0 Å². The maximum absolute atomic E-state index is 9.97. The van der Waals surface area contributed by atoms with E-state index in [1.54, 1.807) is 0 Å². The molecule has 2 heteroatoms. The molecule has 0 bridgehead atoms. The maximum atomic E-state index is 9.97. The first-order valence-electron chi connectivity index (χ1n) is 6.35. The lowest BCUT2D eigenvalue weighted by molar-refractivity contribution is -0.0686. The monoisotopic (exact) mass is 239 g/mol. The molecule has 0 amide bonds. The fourth-order valence-electron chi connectivity index (χ4n) is 2.62. The molecule has 18 heavy (non-hydrogen) atoms. The van der Waals surface area contributed by atoms with Gasteiger partial charge in [0.05, 0.1) is 12.1 Å². The van der Waals surface area contributed by atoms with E-state index in [0.29, 0.717) is 0 Å². The Morgan fingerprint density at radius 1 is 0.944 bits per heavy atom. The van der Waals surface area contributed by atoms with E-state index in [1.165, 1.54) is 11.1 Å². The summed E-state index contributed by atoms with van der Waals surface area (Å²) < 4.78 is 0. The Hall–Kier alpha value is -1.64. The number of rotatable bonds is 3. The van der Waals surface area contributed by atoms with Crippen molar-refractivity contribution in [2.24, 2.45) is 0 Å². The zero-order chi connectivity index (χ0) is 12.4. The lowest BCUT2D eigenvalue weighted by Gasteiger charge is -2.45. The number of hydrogen-bond donors (Lipinski definition) is 1. The molecule has 1 fully saturated rings. The van der Waals surface area contributed by atoms with Crippen LogP contribution in [0, 0.1) is 0 Å². The Labute approximate surface area is 107 Å². The van der Waals surface area contributed by atoms with Gasteiger partial charge in [0.25, 0.3) is 0 Å². The van der Waals surface area contributed by atoms with Crippen LogP contribution < -0.4 is 0 Å². The van der Waals surface area contributed by atoms with Gasteiger partial charge >= 0.3 is 0 Å². The molecular formula is C16H17NO. The predicted molar refractivity (Wildman–Crippen MR) is 72.0 cm³/mol. The van der Waals surface area contributed by atoms with Gasteiger partial charge in [0.15, 0.2) is 0 Å². The summed E-state index contributed by atoms with van der Waals surface area (Å²) in [6.45, 7) is 1.66. The smallest absolute Gasteiger partial charge is 0.0864 e. The van der Waals surface area contributed by atoms with E-state index in [-0.39, 0.29) is 12.1 Å². The van der Waals surface area contributed by atoms with E-state index in [2.05, 4.69) is 41.3 Å². The zero-order valence-electron chi connectivity index (χ0n) is 10.2. The summed E-state index contributed by atoms with van der Waals surface area (Å²) in [4.78, 5) is 2.31. The predicted octanol–water partition coefficient (Wildman–Crippen LogP) is 2.60. The molecule has 1 saturated heterocycles. The van der Waals surface area contributed by atoms with Gasteiger partial charge in [0, 0.05) is 13.1 Å². The second-order valence-electron chi connectivity index (χ2n) is 4.84. The molecular weight excluding hydrogens is 222 g/mol. The molecule has 1 heterocycles. The van der Waals surface area contributed by atoms with Crippen molar-refractivity contribution in [3.63, 3.8) is 0 Å². The first-order valence-corrected chi connectivity index (χ1v) is 6.35. The molecule has 92 valence electrons. The third-order valence-electron chi connectivity index (χ3n) is 3.55. The molecule has 0 aliphatic carbocycles. The SMILES string of the molecule is O[C@@H]1CN(Cc2ccccc2)[C@@H]1c1ccccc1. The van der Waals surface area contributed by atoms with E-state index in [0.717, 1.165) is 13.1 Å². The fraction of sp³-hybridized carbons (Fsp3) is 0.250. The summed E-state index contributed by atoms with van der Waals surface area (Å²) in [7, 11) is 0. The number of nitrogens with zero attached hydrogens (tertiary/aromatic N) is 1. The van der Waals surface area contributed by atoms with Crippen molar-refractivity contribution in [2.75, 3.05) is 6.54 Å². The third-order valence-corrected chi connectivity index (χ3v) is 3.55. The molecule has 2 nitrogen and oxygen atoms in total. The molecule has 0 aromatic heterocycles. The van der Waals surface area contributed by atoms with Crippen LogP contribution in [0.3, 0.4) is 0 Å². The van der Waals surface area contributed by atoms with Crippen LogP contribution in [0.5, 0.6) is 0 Å². The van der Waals surface area contributed by atoms with Crippen molar-refractivity contribution in [2.45, 2.75) is 18.7 Å². The van der Waals surface area contributed by atoms with Crippen LogP contribution in [0.1, 0.15) is 17.2 Å². The number of β-amino-alcohol motifs (C(OH)–C–C–N with tert-alkyl or cyclic N) is 1. The average molecular weight is 239 g/mol. The van der Waals surface area contributed by atoms with Gasteiger partial charge in [-0.3, -0.25) is 4.90 Å². The molecule has 0 unspecified atom stereocenters. The Bertz CT molecular complexity index is 497. The summed E-state index contributed by atoms with van der Waals surface area (Å²) in [5.41, 5.74) is 2.50. The van der Waals surface area contributed by atoms with Crippen LogP contribution in [-0.2, 0) is 6.54 Å². The van der Waals surface area contributed by atoms with Gasteiger partial charge in [-0.1, -0.05) is 60.7 Å². The van der Waals surface area contributed by atoms with Crippen molar-refractivity contribution in [1.82, 2.24) is 4.90 Å². The van der Waals surface area contributed by atoms with Gasteiger partial charge in [0.2, 0.25) is 0 Å². The van der Waals surface area contributed by atoms with Gasteiger partial charge in [-0.15, -0.1) is 0 Å². The average Bonchev–Trinajstić information content (AvgIpc) is 2.40. The van der Waals surface area contributed by atoms with Gasteiger partial charge in [-0.2, -0.15) is 0 Å². The van der Waals surface area contributed by atoms with Crippen molar-refractivity contribution < 1.29 is 5.11 Å². The maximum Gasteiger partial charge on any atom is 0.0864 e. The number of hydrogen-bond acceptors (Lipinski definition) is 2. The Kier molecular flexibility index (Phi) is 3.13. The van der Waals surface area contributed by atoms with E-state index in [9.17, 15) is 5.11 Å². The molecule has 1 aliphatic heterocycles. The van der Waals surface area contributed by atoms with E-state index >= 15 is 0 Å². The highest BCUT2D eigenvalue weighted by atomic mass is 16.3. The fourth-order valence-corrected chi connectivity index (χ4v) is 2.62. The Morgan fingerprint density at radius 3 is 2.17 bits per heavy atom. The van der Waals surface area contributed by atoms with E-state index in [4.69, 9.17) is 0 Å². The summed E-state index contributed by atoms with van der Waals surface area (Å²) in [6.07, 6.45) is -0.240. The van der Waals surface area contributed by atoms with Crippen molar-refractivity contribution in [1.29, 1.82) is 0 Å². The van der Waals surface area contributed by atoms with Gasteiger partial charge in [0.1, 0.15) is 0 Å². The minimum atomic E-state index is -0.240. The molecule has 0 spiro atoms. The summed E-state index contributed by atoms with van der Waals surface area (Å²) >= 11 is 0. The molecule has 1 N–H and O–H groups in total.